The minimum absolute atomic E-state index is 0.0801. The van der Waals surface area contributed by atoms with Gasteiger partial charge in [0.05, 0.1) is 6.26 Å². The Kier molecular flexibility index (Phi) is 6.26. The van der Waals surface area contributed by atoms with Gasteiger partial charge in [-0.15, -0.1) is 0 Å². The molecule has 1 atom stereocenters. The van der Waals surface area contributed by atoms with Gasteiger partial charge in [-0.3, -0.25) is 9.59 Å². The first kappa shape index (κ1) is 19.4. The van der Waals surface area contributed by atoms with Crippen LogP contribution in [0.25, 0.3) is 0 Å². The molecule has 140 valence electrons. The van der Waals surface area contributed by atoms with Gasteiger partial charge in [0.1, 0.15) is 11.8 Å². The van der Waals surface area contributed by atoms with Crippen LogP contribution in [0.5, 0.6) is 5.75 Å². The first-order valence-electron chi connectivity index (χ1n) is 7.65. The predicted molar refractivity (Wildman–Crippen MR) is 85.5 cm³/mol. The maximum absolute atomic E-state index is 12.1. The first-order valence-corrected chi connectivity index (χ1v) is 7.65. The average Bonchev–Trinajstić information content (AvgIpc) is 3.12. The highest BCUT2D eigenvalue weighted by molar-refractivity contribution is 5.95. The van der Waals surface area contributed by atoms with Gasteiger partial charge in [0, 0.05) is 6.54 Å². The van der Waals surface area contributed by atoms with Crippen LogP contribution >= 0.6 is 0 Å². The Morgan fingerprint density at radius 2 is 1.88 bits per heavy atom. The lowest BCUT2D eigenvalue weighted by Gasteiger charge is -2.14. The molecule has 0 saturated heterocycles. The average molecular weight is 370 g/mol. The molecule has 1 aromatic carbocycles. The van der Waals surface area contributed by atoms with Crippen molar-refractivity contribution >= 4 is 11.8 Å². The predicted octanol–water partition coefficient (Wildman–Crippen LogP) is 2.66. The van der Waals surface area contributed by atoms with Gasteiger partial charge in [-0.25, -0.2) is 0 Å². The largest absolute Gasteiger partial charge is 0.484 e. The lowest BCUT2D eigenvalue weighted by molar-refractivity contribution is -0.153. The van der Waals surface area contributed by atoms with Gasteiger partial charge in [0.25, 0.3) is 5.91 Å². The highest BCUT2D eigenvalue weighted by atomic mass is 19.4. The summed E-state index contributed by atoms with van der Waals surface area (Å²) in [6, 6.07) is 8.09. The fraction of sp³-hybridized carbons (Fsp3) is 0.294. The van der Waals surface area contributed by atoms with Crippen molar-refractivity contribution < 1.29 is 31.9 Å². The van der Waals surface area contributed by atoms with Gasteiger partial charge in [-0.2, -0.15) is 13.2 Å². The van der Waals surface area contributed by atoms with Crippen LogP contribution in [0.2, 0.25) is 0 Å². The van der Waals surface area contributed by atoms with Gasteiger partial charge < -0.3 is 19.8 Å². The summed E-state index contributed by atoms with van der Waals surface area (Å²) in [5.41, 5.74) is 0.669. The third kappa shape index (κ3) is 6.15. The van der Waals surface area contributed by atoms with Crippen LogP contribution < -0.4 is 15.4 Å². The van der Waals surface area contributed by atoms with Crippen LogP contribution in [-0.4, -0.2) is 30.6 Å². The van der Waals surface area contributed by atoms with Crippen molar-refractivity contribution in [1.29, 1.82) is 0 Å². The monoisotopic (exact) mass is 370 g/mol. The number of hydrogen-bond donors (Lipinski definition) is 2. The number of nitrogens with one attached hydrogen (secondary N) is 2. The van der Waals surface area contributed by atoms with E-state index in [-0.39, 0.29) is 18.1 Å². The normalized spacial score (nSPS) is 12.3. The SMILES string of the molecule is C[C@H](NC(=O)c1ccco1)C(=O)NCc1ccc(OCC(F)(F)F)cc1. The van der Waals surface area contributed by atoms with E-state index >= 15 is 0 Å². The lowest BCUT2D eigenvalue weighted by Crippen LogP contribution is -2.44. The fourth-order valence-electron chi connectivity index (χ4n) is 1.95. The number of halogens is 3. The Hall–Kier alpha value is -2.97. The molecule has 6 nitrogen and oxygen atoms in total. The minimum atomic E-state index is -4.40. The van der Waals surface area contributed by atoms with Gasteiger partial charge >= 0.3 is 6.18 Å². The zero-order chi connectivity index (χ0) is 19.2. The summed E-state index contributed by atoms with van der Waals surface area (Å²) < 4.78 is 45.8. The van der Waals surface area contributed by atoms with Crippen molar-refractivity contribution in [3.63, 3.8) is 0 Å². The number of hydrogen-bond acceptors (Lipinski definition) is 4. The molecule has 0 aliphatic heterocycles. The van der Waals surface area contributed by atoms with Crippen molar-refractivity contribution in [1.82, 2.24) is 10.6 Å². The van der Waals surface area contributed by atoms with E-state index in [1.165, 1.54) is 43.5 Å². The van der Waals surface area contributed by atoms with E-state index in [9.17, 15) is 22.8 Å². The number of benzene rings is 1. The van der Waals surface area contributed by atoms with E-state index in [0.29, 0.717) is 5.56 Å². The van der Waals surface area contributed by atoms with E-state index in [1.54, 1.807) is 6.07 Å². The number of furan rings is 1. The molecule has 0 spiro atoms. The number of carbonyl (C=O) groups excluding carboxylic acids is 2. The van der Waals surface area contributed by atoms with Crippen molar-refractivity contribution in [3.8, 4) is 5.75 Å². The molecule has 9 heteroatoms. The second kappa shape index (κ2) is 8.41. The van der Waals surface area contributed by atoms with Crippen LogP contribution in [0.4, 0.5) is 13.2 Å². The van der Waals surface area contributed by atoms with Crippen LogP contribution in [0.1, 0.15) is 23.0 Å². The molecule has 0 aliphatic carbocycles. The molecule has 2 N–H and O–H groups in total. The van der Waals surface area contributed by atoms with E-state index in [0.717, 1.165) is 0 Å². The van der Waals surface area contributed by atoms with Crippen molar-refractivity contribution in [2.24, 2.45) is 0 Å². The number of alkyl halides is 3. The number of carbonyl (C=O) groups is 2. The van der Waals surface area contributed by atoms with Crippen LogP contribution in [-0.2, 0) is 11.3 Å². The van der Waals surface area contributed by atoms with E-state index in [4.69, 9.17) is 4.42 Å². The lowest BCUT2D eigenvalue weighted by atomic mass is 10.2. The molecule has 2 rings (SSSR count). The molecule has 2 aromatic rings. The van der Waals surface area contributed by atoms with Crippen LogP contribution in [0, 0.1) is 0 Å². The summed E-state index contributed by atoms with van der Waals surface area (Å²) in [4.78, 5) is 23.8. The summed E-state index contributed by atoms with van der Waals surface area (Å²) >= 11 is 0. The summed E-state index contributed by atoms with van der Waals surface area (Å²) in [6.07, 6.45) is -3.05. The maximum atomic E-state index is 12.1. The second-order valence-electron chi connectivity index (χ2n) is 5.44. The van der Waals surface area contributed by atoms with E-state index in [1.807, 2.05) is 0 Å². The summed E-state index contributed by atoms with van der Waals surface area (Å²) in [5, 5.41) is 5.11. The van der Waals surface area contributed by atoms with Gasteiger partial charge in [-0.05, 0) is 36.8 Å². The van der Waals surface area contributed by atoms with Crippen LogP contribution in [0.15, 0.2) is 47.1 Å². The maximum Gasteiger partial charge on any atom is 0.422 e. The topological polar surface area (TPSA) is 80.6 Å². The Morgan fingerprint density at radius 3 is 2.46 bits per heavy atom. The fourth-order valence-corrected chi connectivity index (χ4v) is 1.95. The molecule has 0 radical (unpaired) electrons. The van der Waals surface area contributed by atoms with E-state index < -0.39 is 30.6 Å². The van der Waals surface area contributed by atoms with Crippen molar-refractivity contribution in [2.75, 3.05) is 6.61 Å². The standard InChI is InChI=1S/C17H17F3N2O4/c1-11(22-16(24)14-3-2-8-25-14)15(23)21-9-12-4-6-13(7-5-12)26-10-17(18,19)20/h2-8,11H,9-10H2,1H3,(H,21,23)(H,22,24)/t11-/m0/s1. The molecule has 1 heterocycles. The molecule has 0 bridgehead atoms. The smallest absolute Gasteiger partial charge is 0.422 e. The zero-order valence-electron chi connectivity index (χ0n) is 13.8. The molecule has 0 aliphatic rings. The molecular weight excluding hydrogens is 353 g/mol. The molecular formula is C17H17F3N2O4. The quantitative estimate of drug-likeness (QED) is 0.785. The number of rotatable bonds is 7. The molecule has 0 fully saturated rings. The molecule has 2 amide bonds. The van der Waals surface area contributed by atoms with Crippen LogP contribution in [0.3, 0.4) is 0 Å². The highest BCUT2D eigenvalue weighted by Gasteiger charge is 2.28. The van der Waals surface area contributed by atoms with Crippen molar-refractivity contribution in [3.05, 3.63) is 54.0 Å². The zero-order valence-corrected chi connectivity index (χ0v) is 13.8. The number of amides is 2. The molecule has 0 saturated carbocycles. The molecule has 0 unspecified atom stereocenters. The second-order valence-corrected chi connectivity index (χ2v) is 5.44. The van der Waals surface area contributed by atoms with Gasteiger partial charge in [0.2, 0.25) is 5.91 Å². The van der Waals surface area contributed by atoms with Gasteiger partial charge in [-0.1, -0.05) is 12.1 Å². The van der Waals surface area contributed by atoms with Crippen molar-refractivity contribution in [2.45, 2.75) is 25.7 Å². The summed E-state index contributed by atoms with van der Waals surface area (Å²) in [7, 11) is 0. The Balaban J connectivity index is 1.78. The Labute approximate surface area is 147 Å². The minimum Gasteiger partial charge on any atom is -0.484 e. The third-order valence-corrected chi connectivity index (χ3v) is 3.28. The number of ether oxygens (including phenoxy) is 1. The molecule has 1 aromatic heterocycles. The van der Waals surface area contributed by atoms with E-state index in [2.05, 4.69) is 15.4 Å². The summed E-state index contributed by atoms with van der Waals surface area (Å²) in [6.45, 7) is 0.305. The first-order chi connectivity index (χ1) is 12.2. The summed E-state index contributed by atoms with van der Waals surface area (Å²) in [5.74, 6) is -0.748. The van der Waals surface area contributed by atoms with Gasteiger partial charge in [0.15, 0.2) is 12.4 Å². The Bertz CT molecular complexity index is 727. The third-order valence-electron chi connectivity index (χ3n) is 3.28. The Morgan fingerprint density at radius 1 is 1.19 bits per heavy atom. The molecule has 26 heavy (non-hydrogen) atoms. The highest BCUT2D eigenvalue weighted by Crippen LogP contribution is 2.18.